The first-order chi connectivity index (χ1) is 8.60. The molecule has 0 aromatic heterocycles. The van der Waals surface area contributed by atoms with Gasteiger partial charge in [0.05, 0.1) is 4.90 Å². The van der Waals surface area contributed by atoms with Crippen LogP contribution in [0.15, 0.2) is 41.3 Å². The summed E-state index contributed by atoms with van der Waals surface area (Å²) in [7, 11) is -3.36. The molecule has 0 heterocycles. The van der Waals surface area contributed by atoms with Crippen LogP contribution < -0.4 is 4.72 Å². The van der Waals surface area contributed by atoms with Gasteiger partial charge in [0.25, 0.3) is 0 Å². The highest BCUT2D eigenvalue weighted by atomic mass is 32.2. The Hall–Kier alpha value is -1.13. The minimum atomic E-state index is -3.36. The Labute approximate surface area is 110 Å². The van der Waals surface area contributed by atoms with E-state index in [0.29, 0.717) is 17.9 Å². The van der Waals surface area contributed by atoms with Gasteiger partial charge in [-0.25, -0.2) is 13.1 Å². The summed E-state index contributed by atoms with van der Waals surface area (Å²) in [4.78, 5) is 0.336. The minimum Gasteiger partial charge on any atom is -0.211 e. The Balaban J connectivity index is 2.66. The molecule has 1 rings (SSSR count). The number of rotatable bonds is 7. The molecule has 0 aliphatic heterocycles. The van der Waals surface area contributed by atoms with Crippen molar-refractivity contribution in [1.82, 2.24) is 4.72 Å². The summed E-state index contributed by atoms with van der Waals surface area (Å²) in [6, 6.07) is 7.10. The Morgan fingerprint density at radius 3 is 2.44 bits per heavy atom. The van der Waals surface area contributed by atoms with Crippen molar-refractivity contribution in [1.29, 1.82) is 0 Å². The van der Waals surface area contributed by atoms with E-state index in [1.165, 1.54) is 5.56 Å². The lowest BCUT2D eigenvalue weighted by Gasteiger charge is -2.06. The number of aryl methyl sites for hydroxylation is 1. The zero-order valence-corrected chi connectivity index (χ0v) is 11.8. The molecule has 1 N–H and O–H groups in total. The number of allylic oxidation sites excluding steroid dienone is 1. The molecule has 0 saturated carbocycles. The summed E-state index contributed by atoms with van der Waals surface area (Å²) in [5.74, 6) is 0. The molecule has 3 nitrogen and oxygen atoms in total. The second-order valence-electron chi connectivity index (χ2n) is 4.15. The summed E-state index contributed by atoms with van der Waals surface area (Å²) in [5, 5.41) is 0. The number of nitrogens with one attached hydrogen (secondary N) is 1. The van der Waals surface area contributed by atoms with Gasteiger partial charge in [-0.2, -0.15) is 0 Å². The Morgan fingerprint density at radius 1 is 1.22 bits per heavy atom. The van der Waals surface area contributed by atoms with Gasteiger partial charge in [-0.1, -0.05) is 37.6 Å². The van der Waals surface area contributed by atoms with Crippen molar-refractivity contribution in [2.45, 2.75) is 38.0 Å². The molecule has 0 aliphatic carbocycles. The third kappa shape index (κ3) is 4.63. The fourth-order valence-corrected chi connectivity index (χ4v) is 2.70. The average molecular weight is 267 g/mol. The summed E-state index contributed by atoms with van der Waals surface area (Å²) < 4.78 is 26.4. The van der Waals surface area contributed by atoms with Crippen LogP contribution in [-0.4, -0.2) is 15.0 Å². The minimum absolute atomic E-state index is 0.336. The van der Waals surface area contributed by atoms with Gasteiger partial charge in [0.15, 0.2) is 0 Å². The lowest BCUT2D eigenvalue weighted by molar-refractivity contribution is 0.582. The lowest BCUT2D eigenvalue weighted by Crippen LogP contribution is -2.24. The molecule has 0 saturated heterocycles. The quantitative estimate of drug-likeness (QED) is 0.610. The molecule has 0 fully saturated rings. The molecule has 0 unspecified atom stereocenters. The topological polar surface area (TPSA) is 46.2 Å². The first kappa shape index (κ1) is 14.9. The van der Waals surface area contributed by atoms with E-state index in [1.807, 2.05) is 31.2 Å². The standard InChI is InChI=1S/C14H21NO2S/c1-3-5-6-12-15-18(16,17)14-10-8-13(7-4-2)9-11-14/h3,5,8-11,15H,4,6-7,12H2,1-2H3/b5-3+. The van der Waals surface area contributed by atoms with Crippen LogP contribution in [-0.2, 0) is 16.4 Å². The van der Waals surface area contributed by atoms with E-state index < -0.39 is 10.0 Å². The zero-order valence-electron chi connectivity index (χ0n) is 11.0. The van der Waals surface area contributed by atoms with Crippen molar-refractivity contribution in [3.05, 3.63) is 42.0 Å². The molecular weight excluding hydrogens is 246 g/mol. The zero-order chi connectivity index (χ0) is 13.4. The second-order valence-corrected chi connectivity index (χ2v) is 5.92. The molecule has 100 valence electrons. The maximum atomic E-state index is 11.9. The number of benzene rings is 1. The van der Waals surface area contributed by atoms with Crippen LogP contribution in [0, 0.1) is 0 Å². The van der Waals surface area contributed by atoms with Crippen LogP contribution in [0.4, 0.5) is 0 Å². The van der Waals surface area contributed by atoms with Crippen LogP contribution in [0.5, 0.6) is 0 Å². The largest absolute Gasteiger partial charge is 0.240 e. The van der Waals surface area contributed by atoms with Gasteiger partial charge in [0.1, 0.15) is 0 Å². The molecule has 18 heavy (non-hydrogen) atoms. The maximum Gasteiger partial charge on any atom is 0.240 e. The molecule has 0 radical (unpaired) electrons. The van der Waals surface area contributed by atoms with E-state index in [9.17, 15) is 8.42 Å². The third-order valence-electron chi connectivity index (χ3n) is 2.61. The van der Waals surface area contributed by atoms with Crippen molar-refractivity contribution in [3.8, 4) is 0 Å². The average Bonchev–Trinajstić information content (AvgIpc) is 2.36. The van der Waals surface area contributed by atoms with Crippen LogP contribution in [0.25, 0.3) is 0 Å². The van der Waals surface area contributed by atoms with E-state index >= 15 is 0 Å². The highest BCUT2D eigenvalue weighted by Crippen LogP contribution is 2.11. The summed E-state index contributed by atoms with van der Waals surface area (Å²) in [6.45, 7) is 4.46. The van der Waals surface area contributed by atoms with Gasteiger partial charge in [-0.3, -0.25) is 0 Å². The molecule has 4 heteroatoms. The molecule has 1 aromatic rings. The lowest BCUT2D eigenvalue weighted by atomic mass is 10.1. The molecule has 0 aliphatic rings. The Kier molecular flexibility index (Phi) is 6.09. The van der Waals surface area contributed by atoms with Crippen LogP contribution in [0.3, 0.4) is 0 Å². The summed E-state index contributed by atoms with van der Waals surface area (Å²) >= 11 is 0. The highest BCUT2D eigenvalue weighted by molar-refractivity contribution is 7.89. The highest BCUT2D eigenvalue weighted by Gasteiger charge is 2.12. The molecule has 1 aromatic carbocycles. The number of hydrogen-bond acceptors (Lipinski definition) is 2. The van der Waals surface area contributed by atoms with E-state index in [2.05, 4.69) is 11.6 Å². The van der Waals surface area contributed by atoms with E-state index in [0.717, 1.165) is 12.8 Å². The Bertz CT molecular complexity index is 475. The molecular formula is C14H21NO2S. The van der Waals surface area contributed by atoms with Crippen LogP contribution in [0.2, 0.25) is 0 Å². The first-order valence-corrected chi connectivity index (χ1v) is 7.78. The summed E-state index contributed by atoms with van der Waals surface area (Å²) in [5.41, 5.74) is 1.17. The van der Waals surface area contributed by atoms with Gasteiger partial charge < -0.3 is 0 Å². The van der Waals surface area contributed by atoms with E-state index in [1.54, 1.807) is 12.1 Å². The maximum absolute atomic E-state index is 11.9. The van der Waals surface area contributed by atoms with Crippen molar-refractivity contribution >= 4 is 10.0 Å². The van der Waals surface area contributed by atoms with Crippen molar-refractivity contribution in [2.75, 3.05) is 6.54 Å². The predicted octanol–water partition coefficient (Wildman–Crippen LogP) is 2.88. The van der Waals surface area contributed by atoms with Gasteiger partial charge in [0.2, 0.25) is 10.0 Å². The van der Waals surface area contributed by atoms with Crippen molar-refractivity contribution < 1.29 is 8.42 Å². The van der Waals surface area contributed by atoms with E-state index in [-0.39, 0.29) is 0 Å². The number of hydrogen-bond donors (Lipinski definition) is 1. The SMILES string of the molecule is C/C=C/CCNS(=O)(=O)c1ccc(CCC)cc1. The van der Waals surface area contributed by atoms with E-state index in [4.69, 9.17) is 0 Å². The second kappa shape index (κ2) is 7.34. The first-order valence-electron chi connectivity index (χ1n) is 6.30. The van der Waals surface area contributed by atoms with Gasteiger partial charge in [0, 0.05) is 6.54 Å². The smallest absolute Gasteiger partial charge is 0.211 e. The van der Waals surface area contributed by atoms with Crippen molar-refractivity contribution in [3.63, 3.8) is 0 Å². The fraction of sp³-hybridized carbons (Fsp3) is 0.429. The molecule has 0 spiro atoms. The van der Waals surface area contributed by atoms with Gasteiger partial charge >= 0.3 is 0 Å². The Morgan fingerprint density at radius 2 is 1.89 bits per heavy atom. The van der Waals surface area contributed by atoms with Crippen LogP contribution >= 0.6 is 0 Å². The normalized spacial score (nSPS) is 12.1. The predicted molar refractivity (Wildman–Crippen MR) is 75.1 cm³/mol. The molecule has 0 amide bonds. The number of sulfonamides is 1. The van der Waals surface area contributed by atoms with Crippen LogP contribution in [0.1, 0.15) is 32.3 Å². The van der Waals surface area contributed by atoms with Gasteiger partial charge in [-0.15, -0.1) is 0 Å². The van der Waals surface area contributed by atoms with Gasteiger partial charge in [-0.05, 0) is 37.5 Å². The monoisotopic (exact) mass is 267 g/mol. The summed E-state index contributed by atoms with van der Waals surface area (Å²) in [6.07, 6.45) is 6.60. The van der Waals surface area contributed by atoms with Crippen molar-refractivity contribution in [2.24, 2.45) is 0 Å². The molecule has 0 atom stereocenters. The fourth-order valence-electron chi connectivity index (χ4n) is 1.65. The molecule has 0 bridgehead atoms. The third-order valence-corrected chi connectivity index (χ3v) is 4.09.